The Bertz CT molecular complexity index is 402. The number of benzene rings is 1. The zero-order valence-electron chi connectivity index (χ0n) is 8.01. The van der Waals surface area contributed by atoms with Crippen molar-refractivity contribution in [1.29, 1.82) is 0 Å². The van der Waals surface area contributed by atoms with E-state index in [0.29, 0.717) is 6.07 Å². The number of phenols is 1. The van der Waals surface area contributed by atoms with Crippen LogP contribution in [0.5, 0.6) is 5.75 Å². The van der Waals surface area contributed by atoms with Gasteiger partial charge < -0.3 is 5.11 Å². The highest BCUT2D eigenvalue weighted by molar-refractivity contribution is 6.19. The van der Waals surface area contributed by atoms with Gasteiger partial charge in [0.25, 0.3) is 0 Å². The van der Waals surface area contributed by atoms with Crippen LogP contribution in [0.4, 0.5) is 13.2 Å². The predicted octanol–water partition coefficient (Wildman–Crippen LogP) is 3.22. The fourth-order valence-electron chi connectivity index (χ4n) is 1.17. The molecule has 0 aliphatic rings. The molecule has 0 saturated carbocycles. The minimum absolute atomic E-state index is 0.0196. The minimum Gasteiger partial charge on any atom is -0.507 e. The number of carbonyl (C=O) groups is 1. The summed E-state index contributed by atoms with van der Waals surface area (Å²) in [6.45, 7) is 0. The fourth-order valence-corrected chi connectivity index (χ4v) is 1.35. The number of aromatic hydroxyl groups is 1. The van der Waals surface area contributed by atoms with E-state index in [9.17, 15) is 18.0 Å². The Hall–Kier alpha value is -1.23. The molecule has 1 aromatic carbocycles. The lowest BCUT2D eigenvalue weighted by Crippen LogP contribution is -2.07. The summed E-state index contributed by atoms with van der Waals surface area (Å²) in [6.07, 6.45) is -4.61. The summed E-state index contributed by atoms with van der Waals surface area (Å²) in [4.78, 5) is 11.3. The van der Waals surface area contributed by atoms with E-state index in [2.05, 4.69) is 0 Å². The van der Waals surface area contributed by atoms with Crippen LogP contribution >= 0.6 is 11.6 Å². The normalized spacial score (nSPS) is 11.5. The van der Waals surface area contributed by atoms with Crippen LogP contribution in [0.25, 0.3) is 0 Å². The van der Waals surface area contributed by atoms with Gasteiger partial charge in [0, 0.05) is 17.9 Å². The van der Waals surface area contributed by atoms with Gasteiger partial charge in [0.2, 0.25) is 0 Å². The summed E-state index contributed by atoms with van der Waals surface area (Å²) in [6, 6.07) is 2.51. The van der Waals surface area contributed by atoms with E-state index < -0.39 is 23.3 Å². The molecular formula is C10H8ClF3O2. The van der Waals surface area contributed by atoms with Crippen molar-refractivity contribution >= 4 is 17.4 Å². The lowest BCUT2D eigenvalue weighted by Gasteiger charge is -2.09. The van der Waals surface area contributed by atoms with E-state index >= 15 is 0 Å². The molecule has 88 valence electrons. The van der Waals surface area contributed by atoms with Crippen molar-refractivity contribution < 1.29 is 23.1 Å². The molecule has 1 N–H and O–H groups in total. The average Bonchev–Trinajstić information content (AvgIpc) is 2.16. The Kier molecular flexibility index (Phi) is 3.80. The van der Waals surface area contributed by atoms with Gasteiger partial charge in [-0.25, -0.2) is 0 Å². The van der Waals surface area contributed by atoms with Gasteiger partial charge in [0.1, 0.15) is 5.75 Å². The number of ketones is 1. The highest BCUT2D eigenvalue weighted by Crippen LogP contribution is 2.36. The smallest absolute Gasteiger partial charge is 0.419 e. The zero-order chi connectivity index (χ0) is 12.3. The quantitative estimate of drug-likeness (QED) is 0.662. The molecule has 0 saturated heterocycles. The zero-order valence-corrected chi connectivity index (χ0v) is 8.77. The van der Waals surface area contributed by atoms with Crippen LogP contribution in [-0.2, 0) is 6.18 Å². The van der Waals surface area contributed by atoms with Crippen LogP contribution < -0.4 is 0 Å². The first-order valence-corrected chi connectivity index (χ1v) is 4.89. The summed E-state index contributed by atoms with van der Waals surface area (Å²) >= 11 is 5.33. The molecule has 2 nitrogen and oxygen atoms in total. The van der Waals surface area contributed by atoms with Crippen LogP contribution in [0.15, 0.2) is 18.2 Å². The van der Waals surface area contributed by atoms with Crippen molar-refractivity contribution in [3.63, 3.8) is 0 Å². The first-order valence-electron chi connectivity index (χ1n) is 4.35. The second-order valence-corrected chi connectivity index (χ2v) is 3.47. The Morgan fingerprint density at radius 1 is 1.38 bits per heavy atom. The lowest BCUT2D eigenvalue weighted by atomic mass is 10.1. The van der Waals surface area contributed by atoms with Crippen molar-refractivity contribution in [2.24, 2.45) is 0 Å². The van der Waals surface area contributed by atoms with Gasteiger partial charge in [-0.15, -0.1) is 11.6 Å². The Morgan fingerprint density at radius 3 is 2.44 bits per heavy atom. The van der Waals surface area contributed by atoms with Crippen molar-refractivity contribution in [2.45, 2.75) is 12.6 Å². The third kappa shape index (κ3) is 2.88. The van der Waals surface area contributed by atoms with Crippen molar-refractivity contribution in [3.05, 3.63) is 29.3 Å². The van der Waals surface area contributed by atoms with Crippen LogP contribution in [0.2, 0.25) is 0 Å². The lowest BCUT2D eigenvalue weighted by molar-refractivity contribution is -0.138. The van der Waals surface area contributed by atoms with Crippen molar-refractivity contribution in [1.82, 2.24) is 0 Å². The van der Waals surface area contributed by atoms with Crippen LogP contribution in [0.1, 0.15) is 22.3 Å². The summed E-state index contributed by atoms with van der Waals surface area (Å²) in [7, 11) is 0. The summed E-state index contributed by atoms with van der Waals surface area (Å²) in [5, 5.41) is 9.14. The van der Waals surface area contributed by atoms with E-state index in [0.717, 1.165) is 12.1 Å². The topological polar surface area (TPSA) is 37.3 Å². The number of rotatable bonds is 3. The van der Waals surface area contributed by atoms with Crippen LogP contribution in [-0.4, -0.2) is 16.8 Å². The van der Waals surface area contributed by atoms with E-state index in [1.54, 1.807) is 0 Å². The summed E-state index contributed by atoms with van der Waals surface area (Å²) in [5.41, 5.74) is -1.14. The maximum Gasteiger partial charge on any atom is 0.419 e. The number of carbonyl (C=O) groups excluding carboxylic acids is 1. The number of phenolic OH excluding ortho intramolecular Hbond substituents is 1. The first kappa shape index (κ1) is 12.8. The Labute approximate surface area is 94.6 Å². The average molecular weight is 253 g/mol. The molecule has 0 aliphatic carbocycles. The van der Waals surface area contributed by atoms with E-state index in [1.807, 2.05) is 0 Å². The third-order valence-corrected chi connectivity index (χ3v) is 2.14. The molecule has 0 atom stereocenters. The molecule has 6 heteroatoms. The van der Waals surface area contributed by atoms with Crippen LogP contribution in [0, 0.1) is 0 Å². The predicted molar refractivity (Wildman–Crippen MR) is 52.8 cm³/mol. The molecule has 0 aliphatic heterocycles. The molecular weight excluding hydrogens is 245 g/mol. The number of hydrogen-bond donors (Lipinski definition) is 1. The standard InChI is InChI=1S/C10H8ClF3O2/c11-4-3-8(15)6-1-2-7(9(16)5-6)10(12,13)14/h1-2,5,16H,3-4H2. The monoisotopic (exact) mass is 252 g/mol. The fraction of sp³-hybridized carbons (Fsp3) is 0.300. The maximum atomic E-state index is 12.3. The second kappa shape index (κ2) is 4.74. The number of alkyl halides is 4. The largest absolute Gasteiger partial charge is 0.507 e. The summed E-state index contributed by atoms with van der Waals surface area (Å²) < 4.78 is 36.8. The molecule has 0 spiro atoms. The molecule has 0 aromatic heterocycles. The highest BCUT2D eigenvalue weighted by Gasteiger charge is 2.33. The van der Waals surface area contributed by atoms with Gasteiger partial charge in [-0.2, -0.15) is 13.2 Å². The Morgan fingerprint density at radius 2 is 2.00 bits per heavy atom. The number of Topliss-reactive ketones (excluding diaryl/α,β-unsaturated/α-hetero) is 1. The molecule has 0 amide bonds. The summed E-state index contributed by atoms with van der Waals surface area (Å²) in [5.74, 6) is -1.27. The van der Waals surface area contributed by atoms with E-state index in [-0.39, 0.29) is 17.9 Å². The second-order valence-electron chi connectivity index (χ2n) is 3.09. The first-order chi connectivity index (χ1) is 7.36. The van der Waals surface area contributed by atoms with Crippen molar-refractivity contribution in [3.8, 4) is 5.75 Å². The molecule has 0 radical (unpaired) electrons. The van der Waals surface area contributed by atoms with Gasteiger partial charge >= 0.3 is 6.18 Å². The molecule has 0 unspecified atom stereocenters. The van der Waals surface area contributed by atoms with Gasteiger partial charge in [0.15, 0.2) is 5.78 Å². The van der Waals surface area contributed by atoms with Gasteiger partial charge in [-0.1, -0.05) is 6.07 Å². The molecule has 1 aromatic rings. The maximum absolute atomic E-state index is 12.3. The van der Waals surface area contributed by atoms with E-state index in [4.69, 9.17) is 16.7 Å². The van der Waals surface area contributed by atoms with E-state index in [1.165, 1.54) is 0 Å². The Balaban J connectivity index is 3.05. The molecule has 0 heterocycles. The van der Waals surface area contributed by atoms with Crippen molar-refractivity contribution in [2.75, 3.05) is 5.88 Å². The molecule has 0 fully saturated rings. The van der Waals surface area contributed by atoms with Crippen LogP contribution in [0.3, 0.4) is 0 Å². The SMILES string of the molecule is O=C(CCCl)c1ccc(C(F)(F)F)c(O)c1. The number of halogens is 4. The highest BCUT2D eigenvalue weighted by atomic mass is 35.5. The molecule has 0 bridgehead atoms. The number of hydrogen-bond acceptors (Lipinski definition) is 2. The van der Waals surface area contributed by atoms with Gasteiger partial charge in [0.05, 0.1) is 5.56 Å². The minimum atomic E-state index is -4.63. The molecule has 16 heavy (non-hydrogen) atoms. The molecule has 1 rings (SSSR count). The van der Waals surface area contributed by atoms with Gasteiger partial charge in [-0.3, -0.25) is 4.79 Å². The van der Waals surface area contributed by atoms with Gasteiger partial charge in [-0.05, 0) is 12.1 Å². The third-order valence-electron chi connectivity index (χ3n) is 1.95.